The largest absolute Gasteiger partial charge is 0.441 e. The number of rotatable bonds is 6. The predicted octanol–water partition coefficient (Wildman–Crippen LogP) is 10.9. The van der Waals surface area contributed by atoms with Crippen LogP contribution >= 0.6 is 0 Å². The Morgan fingerprint density at radius 3 is 2.24 bits per heavy atom. The average Bonchev–Trinajstić information content (AvgIpc) is 3.61. The van der Waals surface area contributed by atoms with Gasteiger partial charge in [0.15, 0.2) is 11.5 Å². The van der Waals surface area contributed by atoms with Crippen molar-refractivity contribution in [1.82, 2.24) is 4.98 Å². The Bertz CT molecular complexity index is 2710. The second-order valence-corrected chi connectivity index (χ2v) is 13.0. The van der Waals surface area contributed by atoms with Crippen molar-refractivity contribution in [2.75, 3.05) is 0 Å². The molecule has 1 aliphatic rings. The van der Waals surface area contributed by atoms with Crippen molar-refractivity contribution in [2.45, 2.75) is 19.3 Å². The van der Waals surface area contributed by atoms with Crippen LogP contribution in [0.15, 0.2) is 174 Å². The average molecular weight is 642 g/mol. The van der Waals surface area contributed by atoms with Gasteiger partial charge < -0.3 is 4.42 Å². The van der Waals surface area contributed by atoms with Gasteiger partial charge in [0.1, 0.15) is 5.52 Å². The van der Waals surface area contributed by atoms with Crippen molar-refractivity contribution in [3.63, 3.8) is 0 Å². The summed E-state index contributed by atoms with van der Waals surface area (Å²) < 4.78 is 6.04. The summed E-state index contributed by atoms with van der Waals surface area (Å²) in [6.07, 6.45) is 3.14. The second kappa shape index (κ2) is 12.3. The van der Waals surface area contributed by atoms with Crippen LogP contribution in [0.3, 0.4) is 0 Å². The highest BCUT2D eigenvalue weighted by molar-refractivity contribution is 6.07. The first kappa shape index (κ1) is 29.9. The molecule has 2 heteroatoms. The Labute approximate surface area is 292 Å². The molecule has 7 aromatic carbocycles. The molecule has 1 atom stereocenters. The van der Waals surface area contributed by atoms with Crippen LogP contribution in [0.1, 0.15) is 29.9 Å². The molecule has 1 aliphatic carbocycles. The Morgan fingerprint density at radius 2 is 1.36 bits per heavy atom. The summed E-state index contributed by atoms with van der Waals surface area (Å²) in [7, 11) is 0. The van der Waals surface area contributed by atoms with Crippen molar-refractivity contribution < 1.29 is 4.42 Å². The fraction of sp³-hybridized carbons (Fsp3) is 0.0625. The number of hydrogen-bond acceptors (Lipinski definition) is 2. The maximum Gasteiger partial charge on any atom is 0.195 e. The van der Waals surface area contributed by atoms with Crippen molar-refractivity contribution >= 4 is 33.5 Å². The van der Waals surface area contributed by atoms with Crippen LogP contribution in [0.2, 0.25) is 0 Å². The molecule has 0 bridgehead atoms. The molecule has 9 rings (SSSR count). The van der Waals surface area contributed by atoms with E-state index in [4.69, 9.17) is 11.0 Å². The molecule has 0 radical (unpaired) electrons. The van der Waals surface area contributed by atoms with Gasteiger partial charge in [-0.1, -0.05) is 159 Å². The van der Waals surface area contributed by atoms with Gasteiger partial charge in [0, 0.05) is 12.3 Å². The Hall–Kier alpha value is -6.25. The van der Waals surface area contributed by atoms with Crippen LogP contribution in [0.4, 0.5) is 0 Å². The minimum Gasteiger partial charge on any atom is -0.441 e. The van der Waals surface area contributed by atoms with E-state index < -0.39 is 0 Å². The number of benzene rings is 7. The van der Waals surface area contributed by atoms with Crippen LogP contribution in [-0.2, 0) is 6.42 Å². The molecule has 0 saturated heterocycles. The number of hydrogen-bond donors (Lipinski definition) is 0. The molecule has 8 aromatic rings. The van der Waals surface area contributed by atoms with Gasteiger partial charge in [0.2, 0.25) is 0 Å². The molecule has 0 amide bonds. The zero-order chi connectivity index (χ0) is 33.6. The molecule has 1 aromatic heterocycles. The normalized spacial score (nSPS) is 14.1. The zero-order valence-corrected chi connectivity index (χ0v) is 27.9. The van der Waals surface area contributed by atoms with Gasteiger partial charge in [0.25, 0.3) is 0 Å². The summed E-state index contributed by atoms with van der Waals surface area (Å²) >= 11 is 0. The molecular weight excluding hydrogens is 607 g/mol. The Kier molecular flexibility index (Phi) is 7.36. The number of fused-ring (bicyclic) bond motifs is 3. The maximum absolute atomic E-state index is 6.04. The molecule has 50 heavy (non-hydrogen) atoms. The standard InChI is InChI=1S/C48H35NO/c1-3-46-49-44-27-25-35(30-45(44)50-46)34-18-13-19-36(28-34)40-26-24-33-16-7-9-20-38(33)48(40)42-23-12-11-22-41(42)47-31(2)43(32-14-5-4-6-15-32)29-37-17-8-10-21-39(37)47/h4-30,43H,2-3H2,1H3. The van der Waals surface area contributed by atoms with Crippen molar-refractivity contribution in [1.29, 1.82) is 0 Å². The first-order valence-corrected chi connectivity index (χ1v) is 17.3. The van der Waals surface area contributed by atoms with E-state index in [0.29, 0.717) is 0 Å². The molecule has 0 saturated carbocycles. The molecule has 2 nitrogen and oxygen atoms in total. The monoisotopic (exact) mass is 641 g/mol. The topological polar surface area (TPSA) is 26.0 Å². The quantitative estimate of drug-likeness (QED) is 0.181. The third kappa shape index (κ3) is 5.09. The maximum atomic E-state index is 6.04. The lowest BCUT2D eigenvalue weighted by atomic mass is 9.77. The SMILES string of the molecule is C=C1C(c2ccccc2-c2c(-c3cccc(-c4ccc5nc(CC)oc5c4)c3)ccc3ccccc23)=c2ccccc2=CC1c1ccccc1. The lowest BCUT2D eigenvalue weighted by molar-refractivity contribution is 0.538. The fourth-order valence-electron chi connectivity index (χ4n) is 7.65. The van der Waals surface area contributed by atoms with Gasteiger partial charge in [-0.05, 0) is 95.1 Å². The Morgan fingerprint density at radius 1 is 0.620 bits per heavy atom. The summed E-state index contributed by atoms with van der Waals surface area (Å²) in [6, 6.07) is 56.8. The minimum atomic E-state index is 0.0768. The Balaban J connectivity index is 1.26. The molecule has 0 N–H and O–H groups in total. The number of aryl methyl sites for hydroxylation is 1. The van der Waals surface area contributed by atoms with E-state index >= 15 is 0 Å². The van der Waals surface area contributed by atoms with Crippen LogP contribution in [0.5, 0.6) is 0 Å². The van der Waals surface area contributed by atoms with Gasteiger partial charge >= 0.3 is 0 Å². The van der Waals surface area contributed by atoms with Gasteiger partial charge in [0.05, 0.1) is 0 Å². The van der Waals surface area contributed by atoms with E-state index in [0.717, 1.165) is 45.7 Å². The first-order valence-electron chi connectivity index (χ1n) is 17.3. The van der Waals surface area contributed by atoms with Gasteiger partial charge in [-0.2, -0.15) is 0 Å². The summed E-state index contributed by atoms with van der Waals surface area (Å²) in [4.78, 5) is 4.62. The molecule has 1 unspecified atom stereocenters. The van der Waals surface area contributed by atoms with E-state index in [1.807, 2.05) is 0 Å². The van der Waals surface area contributed by atoms with Gasteiger partial charge in [-0.25, -0.2) is 4.98 Å². The van der Waals surface area contributed by atoms with Crippen molar-refractivity contribution in [3.8, 4) is 33.4 Å². The number of allylic oxidation sites excluding steroid dienone is 1. The fourth-order valence-corrected chi connectivity index (χ4v) is 7.65. The van der Waals surface area contributed by atoms with E-state index in [9.17, 15) is 0 Å². The van der Waals surface area contributed by atoms with Gasteiger partial charge in [-0.3, -0.25) is 0 Å². The summed E-state index contributed by atoms with van der Waals surface area (Å²) in [5.74, 6) is 0.840. The van der Waals surface area contributed by atoms with Crippen LogP contribution in [-0.4, -0.2) is 4.98 Å². The summed E-state index contributed by atoms with van der Waals surface area (Å²) in [6.45, 7) is 6.86. The number of oxazole rings is 1. The molecule has 1 heterocycles. The first-order chi connectivity index (χ1) is 24.7. The summed E-state index contributed by atoms with van der Waals surface area (Å²) in [5, 5.41) is 4.89. The number of aromatic nitrogens is 1. The van der Waals surface area contributed by atoms with Crippen LogP contribution < -0.4 is 10.4 Å². The predicted molar refractivity (Wildman–Crippen MR) is 208 cm³/mol. The van der Waals surface area contributed by atoms with E-state index in [2.05, 4.69) is 176 Å². The molecular formula is C48H35NO. The highest BCUT2D eigenvalue weighted by Gasteiger charge is 2.25. The van der Waals surface area contributed by atoms with E-state index in [1.165, 1.54) is 54.6 Å². The van der Waals surface area contributed by atoms with E-state index in [-0.39, 0.29) is 5.92 Å². The summed E-state index contributed by atoms with van der Waals surface area (Å²) in [5.41, 5.74) is 13.5. The molecule has 238 valence electrons. The third-order valence-corrected chi connectivity index (χ3v) is 10.1. The zero-order valence-electron chi connectivity index (χ0n) is 27.9. The lowest BCUT2D eigenvalue weighted by Gasteiger charge is -2.26. The number of nitrogens with zero attached hydrogens (tertiary/aromatic N) is 1. The second-order valence-electron chi connectivity index (χ2n) is 13.0. The smallest absolute Gasteiger partial charge is 0.195 e. The van der Waals surface area contributed by atoms with Gasteiger partial charge in [-0.15, -0.1) is 0 Å². The molecule has 0 aliphatic heterocycles. The van der Waals surface area contributed by atoms with Crippen LogP contribution in [0, 0.1) is 0 Å². The van der Waals surface area contributed by atoms with Crippen molar-refractivity contribution in [3.05, 3.63) is 197 Å². The van der Waals surface area contributed by atoms with E-state index in [1.54, 1.807) is 0 Å². The highest BCUT2D eigenvalue weighted by Crippen LogP contribution is 2.44. The molecule has 0 fully saturated rings. The highest BCUT2D eigenvalue weighted by atomic mass is 16.3. The van der Waals surface area contributed by atoms with Crippen molar-refractivity contribution in [2.24, 2.45) is 0 Å². The lowest BCUT2D eigenvalue weighted by Crippen LogP contribution is -2.32. The third-order valence-electron chi connectivity index (χ3n) is 10.1. The van der Waals surface area contributed by atoms with Crippen LogP contribution in [0.25, 0.3) is 66.9 Å². The molecule has 0 spiro atoms. The minimum absolute atomic E-state index is 0.0768.